The highest BCUT2D eigenvalue weighted by Gasteiger charge is 2.10. The molecule has 0 bridgehead atoms. The Balaban J connectivity index is 1.59. The summed E-state index contributed by atoms with van der Waals surface area (Å²) in [6.07, 6.45) is 1.38. The number of aromatic amines is 2. The number of anilines is 1. The molecule has 0 radical (unpaired) electrons. The molecule has 130 valence electrons. The van der Waals surface area contributed by atoms with Gasteiger partial charge in [-0.15, -0.1) is 0 Å². The van der Waals surface area contributed by atoms with Crippen molar-refractivity contribution in [3.8, 4) is 0 Å². The van der Waals surface area contributed by atoms with Gasteiger partial charge in [0, 0.05) is 5.69 Å². The quantitative estimate of drug-likeness (QED) is 0.520. The summed E-state index contributed by atoms with van der Waals surface area (Å²) in [6.45, 7) is 1.73. The molecule has 0 saturated heterocycles. The van der Waals surface area contributed by atoms with E-state index in [1.54, 1.807) is 30.3 Å². The fourth-order valence-corrected chi connectivity index (χ4v) is 2.92. The number of H-pyrrole nitrogens is 2. The maximum atomic E-state index is 12.5. The summed E-state index contributed by atoms with van der Waals surface area (Å²) in [5.41, 5.74) is 2.73. The number of carbonyl (C=O) groups excluding carboxylic acids is 1. The van der Waals surface area contributed by atoms with Crippen molar-refractivity contribution in [2.75, 3.05) is 5.32 Å². The Labute approximate surface area is 146 Å². The second-order valence-electron chi connectivity index (χ2n) is 6.04. The molecule has 4 aromatic rings. The van der Waals surface area contributed by atoms with Gasteiger partial charge in [0.05, 0.1) is 28.3 Å². The molecule has 2 aromatic heterocycles. The van der Waals surface area contributed by atoms with Gasteiger partial charge in [-0.2, -0.15) is 0 Å². The third-order valence-corrected chi connectivity index (χ3v) is 4.17. The first-order valence-corrected chi connectivity index (χ1v) is 7.98. The van der Waals surface area contributed by atoms with Gasteiger partial charge in [-0.25, -0.2) is 9.78 Å². The van der Waals surface area contributed by atoms with Crippen molar-refractivity contribution < 1.29 is 4.79 Å². The molecule has 0 aliphatic heterocycles. The molecule has 0 aliphatic carbocycles. The maximum Gasteiger partial charge on any atom is 0.323 e. The van der Waals surface area contributed by atoms with E-state index in [4.69, 9.17) is 0 Å². The Morgan fingerprint density at radius 2 is 1.96 bits per heavy atom. The van der Waals surface area contributed by atoms with Gasteiger partial charge >= 0.3 is 5.69 Å². The second kappa shape index (κ2) is 5.99. The SMILES string of the molecule is Cc1cccc2c(=O)n(CC(=O)Nc3ccc4[nH]c(=O)[nH]c4c3)cnc12. The molecular formula is C18H15N5O3. The first-order chi connectivity index (χ1) is 12.5. The van der Waals surface area contributed by atoms with Crippen molar-refractivity contribution in [3.63, 3.8) is 0 Å². The van der Waals surface area contributed by atoms with E-state index in [2.05, 4.69) is 20.3 Å². The van der Waals surface area contributed by atoms with Gasteiger partial charge in [0.25, 0.3) is 5.56 Å². The average molecular weight is 349 g/mol. The van der Waals surface area contributed by atoms with Crippen LogP contribution in [0, 0.1) is 6.92 Å². The first-order valence-electron chi connectivity index (χ1n) is 7.98. The van der Waals surface area contributed by atoms with Crippen molar-refractivity contribution >= 4 is 33.5 Å². The summed E-state index contributed by atoms with van der Waals surface area (Å²) in [6, 6.07) is 10.4. The number of hydrogen-bond donors (Lipinski definition) is 3. The lowest BCUT2D eigenvalue weighted by Crippen LogP contribution is -2.28. The Morgan fingerprint density at radius 3 is 2.81 bits per heavy atom. The van der Waals surface area contributed by atoms with Crippen LogP contribution in [-0.2, 0) is 11.3 Å². The van der Waals surface area contributed by atoms with Crippen LogP contribution in [0.25, 0.3) is 21.9 Å². The van der Waals surface area contributed by atoms with Gasteiger partial charge in [0.2, 0.25) is 5.91 Å². The summed E-state index contributed by atoms with van der Waals surface area (Å²) in [4.78, 5) is 45.7. The summed E-state index contributed by atoms with van der Waals surface area (Å²) < 4.78 is 1.27. The molecule has 0 spiro atoms. The standard InChI is InChI=1S/C18H15N5O3/c1-10-3-2-4-12-16(10)19-9-23(17(12)25)8-15(24)20-11-5-6-13-14(7-11)22-18(26)21-13/h2-7,9H,8H2,1H3,(H,20,24)(H2,21,22,26). The number of fused-ring (bicyclic) bond motifs is 2. The molecular weight excluding hydrogens is 334 g/mol. The fraction of sp³-hybridized carbons (Fsp3) is 0.111. The van der Waals surface area contributed by atoms with Crippen molar-refractivity contribution in [1.82, 2.24) is 19.5 Å². The van der Waals surface area contributed by atoms with Gasteiger partial charge in [-0.05, 0) is 36.8 Å². The third-order valence-electron chi connectivity index (χ3n) is 4.17. The number of nitrogens with one attached hydrogen (secondary N) is 3. The number of aromatic nitrogens is 4. The molecule has 0 fully saturated rings. The minimum absolute atomic E-state index is 0.155. The molecule has 4 rings (SSSR count). The van der Waals surface area contributed by atoms with Crippen LogP contribution >= 0.6 is 0 Å². The molecule has 3 N–H and O–H groups in total. The summed E-state index contributed by atoms with van der Waals surface area (Å²) >= 11 is 0. The topological polar surface area (TPSA) is 113 Å². The Hall–Kier alpha value is -3.68. The molecule has 1 amide bonds. The van der Waals surface area contributed by atoms with Crippen LogP contribution in [0.1, 0.15) is 5.56 Å². The Kier molecular flexibility index (Phi) is 3.65. The van der Waals surface area contributed by atoms with Gasteiger partial charge in [-0.3, -0.25) is 14.2 Å². The molecule has 2 heterocycles. The number of hydrogen-bond acceptors (Lipinski definition) is 4. The number of nitrogens with zero attached hydrogens (tertiary/aromatic N) is 2. The first kappa shape index (κ1) is 15.8. The highest BCUT2D eigenvalue weighted by Crippen LogP contribution is 2.15. The Morgan fingerprint density at radius 1 is 1.15 bits per heavy atom. The highest BCUT2D eigenvalue weighted by molar-refractivity contribution is 5.93. The zero-order chi connectivity index (χ0) is 18.3. The summed E-state index contributed by atoms with van der Waals surface area (Å²) in [5.74, 6) is -0.363. The monoisotopic (exact) mass is 349 g/mol. The minimum atomic E-state index is -0.363. The minimum Gasteiger partial charge on any atom is -0.324 e. The maximum absolute atomic E-state index is 12.5. The molecule has 0 atom stereocenters. The van der Waals surface area contributed by atoms with Crippen LogP contribution < -0.4 is 16.6 Å². The normalized spacial score (nSPS) is 11.1. The molecule has 0 aliphatic rings. The van der Waals surface area contributed by atoms with Crippen molar-refractivity contribution in [3.05, 3.63) is 69.1 Å². The second-order valence-corrected chi connectivity index (χ2v) is 6.04. The number of rotatable bonds is 3. The van der Waals surface area contributed by atoms with E-state index in [9.17, 15) is 14.4 Å². The lowest BCUT2D eigenvalue weighted by atomic mass is 10.1. The largest absolute Gasteiger partial charge is 0.324 e. The average Bonchev–Trinajstić information content (AvgIpc) is 2.97. The van der Waals surface area contributed by atoms with Crippen LogP contribution in [0.3, 0.4) is 0 Å². The van der Waals surface area contributed by atoms with Crippen LogP contribution in [-0.4, -0.2) is 25.4 Å². The van der Waals surface area contributed by atoms with Crippen LogP contribution in [0.15, 0.2) is 52.3 Å². The van der Waals surface area contributed by atoms with Crippen LogP contribution in [0.4, 0.5) is 5.69 Å². The number of para-hydroxylation sites is 1. The van der Waals surface area contributed by atoms with Gasteiger partial charge in [0.1, 0.15) is 6.54 Å². The van der Waals surface area contributed by atoms with Gasteiger partial charge in [0.15, 0.2) is 0 Å². The van der Waals surface area contributed by atoms with E-state index in [1.165, 1.54) is 10.9 Å². The summed E-state index contributed by atoms with van der Waals surface area (Å²) in [5, 5.41) is 3.19. The third kappa shape index (κ3) is 2.77. The molecule has 26 heavy (non-hydrogen) atoms. The van der Waals surface area contributed by atoms with E-state index >= 15 is 0 Å². The van der Waals surface area contributed by atoms with Crippen LogP contribution in [0.2, 0.25) is 0 Å². The predicted octanol–water partition coefficient (Wildman–Crippen LogP) is 1.51. The van der Waals surface area contributed by atoms with E-state index < -0.39 is 0 Å². The zero-order valence-electron chi connectivity index (χ0n) is 13.9. The lowest BCUT2D eigenvalue weighted by molar-refractivity contribution is -0.116. The lowest BCUT2D eigenvalue weighted by Gasteiger charge is -2.09. The van der Waals surface area contributed by atoms with Crippen molar-refractivity contribution in [1.29, 1.82) is 0 Å². The molecule has 8 heteroatoms. The van der Waals surface area contributed by atoms with Gasteiger partial charge < -0.3 is 15.3 Å². The number of carbonyl (C=O) groups is 1. The molecule has 2 aromatic carbocycles. The van der Waals surface area contributed by atoms with E-state index in [0.717, 1.165) is 5.56 Å². The smallest absolute Gasteiger partial charge is 0.323 e. The number of imidazole rings is 1. The Bertz CT molecular complexity index is 1270. The number of amides is 1. The van der Waals surface area contributed by atoms with E-state index in [0.29, 0.717) is 27.6 Å². The molecule has 8 nitrogen and oxygen atoms in total. The van der Waals surface area contributed by atoms with Crippen LogP contribution in [0.5, 0.6) is 0 Å². The van der Waals surface area contributed by atoms with Crippen molar-refractivity contribution in [2.24, 2.45) is 0 Å². The van der Waals surface area contributed by atoms with E-state index in [1.807, 2.05) is 13.0 Å². The number of benzene rings is 2. The highest BCUT2D eigenvalue weighted by atomic mass is 16.2. The van der Waals surface area contributed by atoms with Gasteiger partial charge in [-0.1, -0.05) is 12.1 Å². The van der Waals surface area contributed by atoms with E-state index in [-0.39, 0.29) is 23.7 Å². The summed E-state index contributed by atoms with van der Waals surface area (Å²) in [7, 11) is 0. The predicted molar refractivity (Wildman–Crippen MR) is 98.3 cm³/mol. The molecule has 0 saturated carbocycles. The zero-order valence-corrected chi connectivity index (χ0v) is 13.9. The number of aryl methyl sites for hydroxylation is 1. The van der Waals surface area contributed by atoms with Crippen molar-refractivity contribution in [2.45, 2.75) is 13.5 Å². The molecule has 0 unspecified atom stereocenters. The fourth-order valence-electron chi connectivity index (χ4n) is 2.92.